The minimum absolute atomic E-state index is 0.0653. The molecule has 0 saturated heterocycles. The molecule has 138 valence electrons. The Hall–Kier alpha value is -3.15. The number of fused-ring (bicyclic) bond motifs is 4. The Kier molecular flexibility index (Phi) is 3.37. The van der Waals surface area contributed by atoms with Crippen LogP contribution in [-0.4, -0.2) is 34.6 Å². The van der Waals surface area contributed by atoms with E-state index in [2.05, 4.69) is 4.90 Å². The van der Waals surface area contributed by atoms with Crippen LogP contribution < -0.4 is 29.3 Å². The number of ether oxygens (including phenoxy) is 4. The van der Waals surface area contributed by atoms with Crippen molar-refractivity contribution in [1.82, 2.24) is 0 Å². The molecule has 0 amide bonds. The molecule has 3 aromatic rings. The Balaban J connectivity index is 2.10. The molecule has 0 spiro atoms. The number of hydrogen-bond acceptors (Lipinski definition) is 6. The van der Waals surface area contributed by atoms with Gasteiger partial charge in [0.05, 0.1) is 14.2 Å². The summed E-state index contributed by atoms with van der Waals surface area (Å²) >= 11 is 0. The minimum atomic E-state index is -0.0653. The SMILES string of the molecule is COc1cc2c(=O)cc3c4c(cc5c(c4c2cc1OC)OCO5)CCN3C. The molecule has 0 radical (unpaired) electrons. The van der Waals surface area contributed by atoms with E-state index in [1.807, 2.05) is 19.2 Å². The minimum Gasteiger partial charge on any atom is -0.493 e. The lowest BCUT2D eigenvalue weighted by molar-refractivity contribution is 0.175. The van der Waals surface area contributed by atoms with E-state index in [4.69, 9.17) is 18.9 Å². The van der Waals surface area contributed by atoms with Gasteiger partial charge in [-0.3, -0.25) is 4.79 Å². The highest BCUT2D eigenvalue weighted by Gasteiger charge is 2.27. The first-order chi connectivity index (χ1) is 13.1. The first kappa shape index (κ1) is 16.1. The van der Waals surface area contributed by atoms with Crippen molar-refractivity contribution in [3.63, 3.8) is 0 Å². The summed E-state index contributed by atoms with van der Waals surface area (Å²) in [7, 11) is 5.16. The molecule has 0 aromatic heterocycles. The van der Waals surface area contributed by atoms with E-state index in [0.29, 0.717) is 22.6 Å². The summed E-state index contributed by atoms with van der Waals surface area (Å²) < 4.78 is 22.4. The molecule has 2 heterocycles. The summed E-state index contributed by atoms with van der Waals surface area (Å²) in [6.07, 6.45) is 0.879. The second-order valence-corrected chi connectivity index (χ2v) is 6.84. The van der Waals surface area contributed by atoms with Crippen molar-refractivity contribution in [1.29, 1.82) is 0 Å². The first-order valence-electron chi connectivity index (χ1n) is 8.81. The van der Waals surface area contributed by atoms with Gasteiger partial charge in [0.1, 0.15) is 0 Å². The molecule has 2 aliphatic rings. The maximum Gasteiger partial charge on any atom is 0.231 e. The van der Waals surface area contributed by atoms with Crippen LogP contribution in [0.4, 0.5) is 5.69 Å². The summed E-state index contributed by atoms with van der Waals surface area (Å²) in [5, 5.41) is 3.26. The third-order valence-corrected chi connectivity index (χ3v) is 5.46. The molecule has 27 heavy (non-hydrogen) atoms. The van der Waals surface area contributed by atoms with Gasteiger partial charge in [-0.15, -0.1) is 0 Å². The van der Waals surface area contributed by atoms with Crippen LogP contribution in [0.5, 0.6) is 23.0 Å². The maximum atomic E-state index is 13.1. The number of benzene rings is 2. The summed E-state index contributed by atoms with van der Waals surface area (Å²) in [4.78, 5) is 15.2. The van der Waals surface area contributed by atoms with Crippen LogP contribution >= 0.6 is 0 Å². The predicted molar refractivity (Wildman–Crippen MR) is 104 cm³/mol. The third-order valence-electron chi connectivity index (χ3n) is 5.46. The standard InChI is InChI=1S/C21H19NO5/c1-22-5-4-11-6-18-21(27-10-26-18)20-13-8-17(25-3)16(24-2)7-12(13)15(23)9-14(22)19(11)20/h6-9H,4-5,10H2,1-3H3. The van der Waals surface area contributed by atoms with Crippen molar-refractivity contribution in [2.75, 3.05) is 39.5 Å². The smallest absolute Gasteiger partial charge is 0.231 e. The van der Waals surface area contributed by atoms with Crippen LogP contribution in [-0.2, 0) is 6.42 Å². The van der Waals surface area contributed by atoms with Gasteiger partial charge < -0.3 is 23.8 Å². The molecule has 6 heteroatoms. The molecule has 0 fully saturated rings. The number of nitrogens with zero attached hydrogens (tertiary/aromatic N) is 1. The summed E-state index contributed by atoms with van der Waals surface area (Å²) in [5.74, 6) is 2.50. The van der Waals surface area contributed by atoms with Crippen LogP contribution in [0, 0.1) is 0 Å². The normalized spacial score (nSPS) is 14.7. The van der Waals surface area contributed by atoms with Gasteiger partial charge in [-0.25, -0.2) is 0 Å². The van der Waals surface area contributed by atoms with Crippen molar-refractivity contribution >= 4 is 27.2 Å². The van der Waals surface area contributed by atoms with E-state index >= 15 is 0 Å². The molecule has 0 N–H and O–H groups in total. The van der Waals surface area contributed by atoms with Crippen molar-refractivity contribution in [3.05, 3.63) is 40.1 Å². The van der Waals surface area contributed by atoms with Crippen LogP contribution in [0.25, 0.3) is 21.5 Å². The van der Waals surface area contributed by atoms with E-state index in [1.54, 1.807) is 26.4 Å². The molecule has 5 rings (SSSR count). The molecule has 6 nitrogen and oxygen atoms in total. The molecule has 0 atom stereocenters. The molecule has 3 aromatic carbocycles. The molecule has 0 saturated carbocycles. The average Bonchev–Trinajstić information content (AvgIpc) is 3.10. The van der Waals surface area contributed by atoms with Gasteiger partial charge in [-0.1, -0.05) is 0 Å². The summed E-state index contributed by atoms with van der Waals surface area (Å²) in [6.45, 7) is 1.02. The van der Waals surface area contributed by atoms with Gasteiger partial charge in [0, 0.05) is 46.9 Å². The molecule has 2 aliphatic heterocycles. The quantitative estimate of drug-likeness (QED) is 0.696. The molecule has 0 aliphatic carbocycles. The highest BCUT2D eigenvalue weighted by molar-refractivity contribution is 6.16. The number of rotatable bonds is 2. The predicted octanol–water partition coefficient (Wildman–Crippen LogP) is 3.09. The van der Waals surface area contributed by atoms with Gasteiger partial charge in [0.25, 0.3) is 0 Å². The topological polar surface area (TPSA) is 57.2 Å². The van der Waals surface area contributed by atoms with Crippen molar-refractivity contribution in [3.8, 4) is 23.0 Å². The van der Waals surface area contributed by atoms with E-state index in [0.717, 1.165) is 46.1 Å². The van der Waals surface area contributed by atoms with Gasteiger partial charge in [0.2, 0.25) is 6.79 Å². The van der Waals surface area contributed by atoms with Crippen LogP contribution in [0.3, 0.4) is 0 Å². The Bertz CT molecular complexity index is 1170. The molecule has 0 unspecified atom stereocenters. The number of anilines is 1. The fourth-order valence-electron chi connectivity index (χ4n) is 4.12. The van der Waals surface area contributed by atoms with E-state index < -0.39 is 0 Å². The molecular formula is C21H19NO5. The van der Waals surface area contributed by atoms with E-state index in [9.17, 15) is 4.79 Å². The monoisotopic (exact) mass is 365 g/mol. The van der Waals surface area contributed by atoms with Gasteiger partial charge in [-0.05, 0) is 30.2 Å². The third kappa shape index (κ3) is 2.16. The molecule has 0 bridgehead atoms. The zero-order valence-electron chi connectivity index (χ0n) is 15.4. The average molecular weight is 365 g/mol. The van der Waals surface area contributed by atoms with Crippen molar-refractivity contribution < 1.29 is 18.9 Å². The van der Waals surface area contributed by atoms with Crippen LogP contribution in [0.1, 0.15) is 5.56 Å². The van der Waals surface area contributed by atoms with E-state index in [1.165, 1.54) is 0 Å². The fourth-order valence-corrected chi connectivity index (χ4v) is 4.12. The first-order valence-corrected chi connectivity index (χ1v) is 8.81. The lowest BCUT2D eigenvalue weighted by Crippen LogP contribution is -2.24. The van der Waals surface area contributed by atoms with Gasteiger partial charge >= 0.3 is 0 Å². The maximum absolute atomic E-state index is 13.1. The summed E-state index contributed by atoms with van der Waals surface area (Å²) in [6, 6.07) is 7.35. The Labute approximate surface area is 155 Å². The zero-order chi connectivity index (χ0) is 18.7. The second kappa shape index (κ2) is 5.67. The second-order valence-electron chi connectivity index (χ2n) is 6.84. The number of hydrogen-bond donors (Lipinski definition) is 0. The zero-order valence-corrected chi connectivity index (χ0v) is 15.4. The van der Waals surface area contributed by atoms with Crippen LogP contribution in [0.15, 0.2) is 29.1 Å². The summed E-state index contributed by atoms with van der Waals surface area (Å²) in [5.41, 5.74) is 2.00. The largest absolute Gasteiger partial charge is 0.493 e. The van der Waals surface area contributed by atoms with Crippen molar-refractivity contribution in [2.24, 2.45) is 0 Å². The highest BCUT2D eigenvalue weighted by Crippen LogP contribution is 2.48. The fraction of sp³-hybridized carbons (Fsp3) is 0.286. The van der Waals surface area contributed by atoms with Crippen molar-refractivity contribution in [2.45, 2.75) is 6.42 Å². The highest BCUT2D eigenvalue weighted by atomic mass is 16.7. The van der Waals surface area contributed by atoms with Gasteiger partial charge in [0.15, 0.2) is 28.4 Å². The Morgan fingerprint density at radius 2 is 1.70 bits per heavy atom. The lowest BCUT2D eigenvalue weighted by Gasteiger charge is -2.26. The molecular weight excluding hydrogens is 346 g/mol. The van der Waals surface area contributed by atoms with Crippen LogP contribution in [0.2, 0.25) is 0 Å². The number of methoxy groups -OCH3 is 2. The Morgan fingerprint density at radius 3 is 2.44 bits per heavy atom. The Morgan fingerprint density at radius 1 is 0.963 bits per heavy atom. The van der Waals surface area contributed by atoms with E-state index in [-0.39, 0.29) is 12.2 Å². The van der Waals surface area contributed by atoms with Gasteiger partial charge in [-0.2, -0.15) is 0 Å². The number of likely N-dealkylation sites (N-methyl/N-ethyl adjacent to an activating group) is 1. The lowest BCUT2D eigenvalue weighted by atomic mass is 9.95.